The van der Waals surface area contributed by atoms with E-state index in [4.69, 9.17) is 14.4 Å². The average Bonchev–Trinajstić information content (AvgIpc) is 3.56. The Hall–Kier alpha value is -6.78. The summed E-state index contributed by atoms with van der Waals surface area (Å²) in [6.07, 6.45) is 8.36. The van der Waals surface area contributed by atoms with E-state index >= 15 is 0 Å². The molecular weight excluding hydrogens is 635 g/mol. The van der Waals surface area contributed by atoms with E-state index in [1.165, 1.54) is 11.1 Å². The standard InChI is InChI=1S/C48H33N3O/c1-3-14-32(15-4-1)33-26-28-34(29-27-33)41-31-42(50-48(49-41)35-16-5-2-6-17-35)36-18-13-19-37(30-36)51-43-23-10-7-20-38(43)46-40-22-9-12-25-45(40)52-47(46)39-21-8-11-24-44(39)51/h1-5,7-16,18-31H,6,17H2. The van der Waals surface area contributed by atoms with Crippen molar-refractivity contribution in [2.75, 3.05) is 4.90 Å². The normalized spacial score (nSPS) is 13.2. The average molecular weight is 668 g/mol. The Morgan fingerprint density at radius 1 is 0.538 bits per heavy atom. The van der Waals surface area contributed by atoms with Crippen molar-refractivity contribution in [2.24, 2.45) is 0 Å². The summed E-state index contributed by atoms with van der Waals surface area (Å²) in [6, 6.07) is 55.5. The third-order valence-electron chi connectivity index (χ3n) is 10.1. The summed E-state index contributed by atoms with van der Waals surface area (Å²) >= 11 is 0. The molecule has 0 spiro atoms. The van der Waals surface area contributed by atoms with Crippen molar-refractivity contribution in [1.29, 1.82) is 0 Å². The molecule has 3 heterocycles. The van der Waals surface area contributed by atoms with Crippen molar-refractivity contribution in [3.63, 3.8) is 0 Å². The van der Waals surface area contributed by atoms with Crippen LogP contribution in [0.5, 0.6) is 0 Å². The number of aromatic nitrogens is 2. The minimum absolute atomic E-state index is 0.774. The molecule has 0 bridgehead atoms. The van der Waals surface area contributed by atoms with Gasteiger partial charge in [-0.05, 0) is 72.0 Å². The topological polar surface area (TPSA) is 42.2 Å². The number of para-hydroxylation sites is 3. The molecule has 0 N–H and O–H groups in total. The van der Waals surface area contributed by atoms with Gasteiger partial charge in [0.2, 0.25) is 0 Å². The van der Waals surface area contributed by atoms with Crippen molar-refractivity contribution in [2.45, 2.75) is 12.8 Å². The van der Waals surface area contributed by atoms with Crippen molar-refractivity contribution >= 4 is 33.6 Å². The summed E-state index contributed by atoms with van der Waals surface area (Å²) < 4.78 is 6.64. The molecule has 10 rings (SSSR count). The Bertz CT molecular complexity index is 2680. The van der Waals surface area contributed by atoms with Gasteiger partial charge in [-0.1, -0.05) is 133 Å². The first kappa shape index (κ1) is 30.1. The molecule has 4 heteroatoms. The molecule has 1 aliphatic carbocycles. The second kappa shape index (κ2) is 12.5. The maximum atomic E-state index is 6.64. The van der Waals surface area contributed by atoms with Gasteiger partial charge in [0.15, 0.2) is 5.82 Å². The van der Waals surface area contributed by atoms with E-state index in [0.717, 1.165) is 97.2 Å². The Kier molecular flexibility index (Phi) is 7.24. The Morgan fingerprint density at radius 2 is 1.19 bits per heavy atom. The van der Waals surface area contributed by atoms with Crippen molar-refractivity contribution < 1.29 is 4.42 Å². The van der Waals surface area contributed by atoms with Crippen LogP contribution in [0.1, 0.15) is 18.7 Å². The Morgan fingerprint density at radius 3 is 2.00 bits per heavy atom. The fourth-order valence-corrected chi connectivity index (χ4v) is 7.60. The molecule has 4 nitrogen and oxygen atoms in total. The predicted molar refractivity (Wildman–Crippen MR) is 214 cm³/mol. The summed E-state index contributed by atoms with van der Waals surface area (Å²) in [4.78, 5) is 12.7. The SMILES string of the molecule is C1=CCCC(c2nc(-c3ccc(-c4ccccc4)cc3)cc(-c3cccc(N4c5ccccc5-c5oc6ccccc6c5-c5ccccc54)c3)n2)=C1. The maximum Gasteiger partial charge on any atom is 0.156 e. The Balaban J connectivity index is 1.12. The van der Waals surface area contributed by atoms with E-state index in [1.807, 2.05) is 12.1 Å². The van der Waals surface area contributed by atoms with Crippen LogP contribution < -0.4 is 4.90 Å². The molecule has 2 aromatic heterocycles. The number of fused-ring (bicyclic) bond motifs is 7. The lowest BCUT2D eigenvalue weighted by atomic mass is 9.98. The third kappa shape index (κ3) is 5.16. The number of anilines is 3. The molecule has 1 aliphatic heterocycles. The van der Waals surface area contributed by atoms with Gasteiger partial charge >= 0.3 is 0 Å². The molecule has 246 valence electrons. The van der Waals surface area contributed by atoms with Crippen LogP contribution in [0.3, 0.4) is 0 Å². The van der Waals surface area contributed by atoms with Gasteiger partial charge in [0.25, 0.3) is 0 Å². The van der Waals surface area contributed by atoms with Gasteiger partial charge in [-0.15, -0.1) is 0 Å². The highest BCUT2D eigenvalue weighted by atomic mass is 16.3. The lowest BCUT2D eigenvalue weighted by Crippen LogP contribution is -2.11. The number of nitrogens with zero attached hydrogens (tertiary/aromatic N) is 3. The first-order valence-electron chi connectivity index (χ1n) is 17.8. The zero-order valence-electron chi connectivity index (χ0n) is 28.4. The van der Waals surface area contributed by atoms with E-state index < -0.39 is 0 Å². The molecule has 2 aliphatic rings. The summed E-state index contributed by atoms with van der Waals surface area (Å²) in [5.41, 5.74) is 14.8. The molecule has 0 unspecified atom stereocenters. The van der Waals surface area contributed by atoms with E-state index in [9.17, 15) is 0 Å². The van der Waals surface area contributed by atoms with Gasteiger partial charge in [0.05, 0.1) is 22.8 Å². The molecule has 0 atom stereocenters. The molecule has 0 fully saturated rings. The molecule has 8 aromatic rings. The number of hydrogen-bond donors (Lipinski definition) is 0. The lowest BCUT2D eigenvalue weighted by molar-refractivity contribution is 0.633. The lowest BCUT2D eigenvalue weighted by Gasteiger charge is -2.27. The van der Waals surface area contributed by atoms with Crippen molar-refractivity contribution in [3.05, 3.63) is 182 Å². The number of hydrogen-bond acceptors (Lipinski definition) is 4. The summed E-state index contributed by atoms with van der Waals surface area (Å²) in [5, 5.41) is 1.11. The van der Waals surface area contributed by atoms with Gasteiger partial charge < -0.3 is 9.32 Å². The van der Waals surface area contributed by atoms with Crippen LogP contribution in [0.25, 0.3) is 72.6 Å². The van der Waals surface area contributed by atoms with Gasteiger partial charge in [-0.25, -0.2) is 9.97 Å². The minimum atomic E-state index is 0.774. The van der Waals surface area contributed by atoms with Crippen LogP contribution in [0.15, 0.2) is 180 Å². The smallest absolute Gasteiger partial charge is 0.156 e. The molecule has 6 aromatic carbocycles. The highest BCUT2D eigenvalue weighted by molar-refractivity contribution is 6.10. The molecule has 0 radical (unpaired) electrons. The van der Waals surface area contributed by atoms with Crippen LogP contribution in [0.2, 0.25) is 0 Å². The minimum Gasteiger partial charge on any atom is -0.455 e. The fourth-order valence-electron chi connectivity index (χ4n) is 7.60. The molecular formula is C48H33N3O. The zero-order valence-corrected chi connectivity index (χ0v) is 28.4. The van der Waals surface area contributed by atoms with Crippen LogP contribution in [-0.2, 0) is 0 Å². The summed E-state index contributed by atoms with van der Waals surface area (Å²) in [5.74, 6) is 1.66. The predicted octanol–water partition coefficient (Wildman–Crippen LogP) is 13.1. The van der Waals surface area contributed by atoms with Gasteiger partial charge in [-0.2, -0.15) is 0 Å². The monoisotopic (exact) mass is 667 g/mol. The molecule has 0 saturated carbocycles. The summed E-state index contributed by atoms with van der Waals surface area (Å²) in [6.45, 7) is 0. The quantitative estimate of drug-likeness (QED) is 0.183. The highest BCUT2D eigenvalue weighted by Gasteiger charge is 2.30. The number of furan rings is 1. The van der Waals surface area contributed by atoms with E-state index in [0.29, 0.717) is 0 Å². The second-order valence-corrected chi connectivity index (χ2v) is 13.3. The first-order valence-corrected chi connectivity index (χ1v) is 17.8. The largest absolute Gasteiger partial charge is 0.455 e. The van der Waals surface area contributed by atoms with Gasteiger partial charge in [0.1, 0.15) is 11.3 Å². The number of allylic oxidation sites excluding steroid dienone is 4. The second-order valence-electron chi connectivity index (χ2n) is 13.3. The maximum absolute atomic E-state index is 6.64. The molecule has 0 amide bonds. The third-order valence-corrected chi connectivity index (χ3v) is 10.1. The van der Waals surface area contributed by atoms with Crippen LogP contribution in [0, 0.1) is 0 Å². The van der Waals surface area contributed by atoms with Crippen molar-refractivity contribution in [3.8, 4) is 56.1 Å². The Labute approximate surface area is 302 Å². The number of benzene rings is 6. The van der Waals surface area contributed by atoms with E-state index in [1.54, 1.807) is 0 Å². The van der Waals surface area contributed by atoms with E-state index in [-0.39, 0.29) is 0 Å². The molecule has 52 heavy (non-hydrogen) atoms. The van der Waals surface area contributed by atoms with Crippen LogP contribution in [0.4, 0.5) is 17.1 Å². The fraction of sp³-hybridized carbons (Fsp3) is 0.0417. The van der Waals surface area contributed by atoms with Gasteiger partial charge in [0, 0.05) is 38.9 Å². The van der Waals surface area contributed by atoms with Crippen LogP contribution in [-0.4, -0.2) is 9.97 Å². The molecule has 0 saturated heterocycles. The highest BCUT2D eigenvalue weighted by Crippen LogP contribution is 2.53. The van der Waals surface area contributed by atoms with Crippen LogP contribution >= 0.6 is 0 Å². The summed E-state index contributed by atoms with van der Waals surface area (Å²) in [7, 11) is 0. The van der Waals surface area contributed by atoms with Crippen molar-refractivity contribution in [1.82, 2.24) is 9.97 Å². The zero-order chi connectivity index (χ0) is 34.4. The number of rotatable bonds is 5. The van der Waals surface area contributed by atoms with Gasteiger partial charge in [-0.3, -0.25) is 0 Å². The van der Waals surface area contributed by atoms with E-state index in [2.05, 4.69) is 169 Å². The first-order chi connectivity index (χ1) is 25.8.